The van der Waals surface area contributed by atoms with Crippen LogP contribution in [-0.4, -0.2) is 15.0 Å². The van der Waals surface area contributed by atoms with E-state index in [-0.39, 0.29) is 0 Å². The zero-order valence-corrected chi connectivity index (χ0v) is 13.5. The predicted octanol–water partition coefficient (Wildman–Crippen LogP) is 4.31. The van der Waals surface area contributed by atoms with Crippen LogP contribution in [0, 0.1) is 13.8 Å². The van der Waals surface area contributed by atoms with Crippen molar-refractivity contribution in [2.45, 2.75) is 33.1 Å². The van der Waals surface area contributed by atoms with Crippen molar-refractivity contribution in [2.24, 2.45) is 0 Å². The molecular weight excluding hydrogens is 282 g/mol. The molecule has 0 radical (unpaired) electrons. The summed E-state index contributed by atoms with van der Waals surface area (Å²) in [5.41, 5.74) is 7.90. The van der Waals surface area contributed by atoms with Gasteiger partial charge in [0.05, 0.1) is 5.69 Å². The Morgan fingerprint density at radius 1 is 0.826 bits per heavy atom. The summed E-state index contributed by atoms with van der Waals surface area (Å²) < 4.78 is 0. The standard InChI is InChI=1S/C20H19N3/c1-13-7-3-4-9-15(13)19-16-10-6-11-17(16)22-20(23-19)18-12-5-8-14(2)21-18/h3-5,7-9,12H,6,10-11H2,1-2H3. The second-order valence-corrected chi connectivity index (χ2v) is 6.15. The molecule has 3 nitrogen and oxygen atoms in total. The van der Waals surface area contributed by atoms with Gasteiger partial charge in [0.1, 0.15) is 5.69 Å². The second-order valence-electron chi connectivity index (χ2n) is 6.15. The minimum atomic E-state index is 0.743. The molecule has 2 heterocycles. The number of aromatic nitrogens is 3. The van der Waals surface area contributed by atoms with Gasteiger partial charge in [0.15, 0.2) is 5.82 Å². The van der Waals surface area contributed by atoms with Gasteiger partial charge in [-0.05, 0) is 50.8 Å². The average molecular weight is 301 g/mol. The molecule has 1 aliphatic carbocycles. The maximum absolute atomic E-state index is 4.91. The van der Waals surface area contributed by atoms with Crippen molar-refractivity contribution in [2.75, 3.05) is 0 Å². The van der Waals surface area contributed by atoms with Gasteiger partial charge >= 0.3 is 0 Å². The van der Waals surface area contributed by atoms with E-state index >= 15 is 0 Å². The van der Waals surface area contributed by atoms with Crippen molar-refractivity contribution in [3.8, 4) is 22.8 Å². The smallest absolute Gasteiger partial charge is 0.178 e. The molecule has 0 N–H and O–H groups in total. The van der Waals surface area contributed by atoms with E-state index < -0.39 is 0 Å². The van der Waals surface area contributed by atoms with Crippen molar-refractivity contribution in [3.63, 3.8) is 0 Å². The molecule has 0 aliphatic heterocycles. The van der Waals surface area contributed by atoms with Crippen molar-refractivity contribution >= 4 is 0 Å². The van der Waals surface area contributed by atoms with E-state index in [0.29, 0.717) is 0 Å². The molecule has 0 bridgehead atoms. The first-order valence-electron chi connectivity index (χ1n) is 8.12. The van der Waals surface area contributed by atoms with Gasteiger partial charge in [-0.1, -0.05) is 30.3 Å². The molecule has 0 fully saturated rings. The molecule has 2 aromatic heterocycles. The summed E-state index contributed by atoms with van der Waals surface area (Å²) in [5, 5.41) is 0. The van der Waals surface area contributed by atoms with E-state index in [1.54, 1.807) is 0 Å². The Hall–Kier alpha value is -2.55. The van der Waals surface area contributed by atoms with Crippen molar-refractivity contribution < 1.29 is 0 Å². The molecule has 23 heavy (non-hydrogen) atoms. The van der Waals surface area contributed by atoms with E-state index in [1.165, 1.54) is 22.4 Å². The van der Waals surface area contributed by atoms with Crippen LogP contribution < -0.4 is 0 Å². The first kappa shape index (κ1) is 14.1. The molecule has 0 unspecified atom stereocenters. The lowest BCUT2D eigenvalue weighted by Gasteiger charge is -2.12. The third-order valence-corrected chi connectivity index (χ3v) is 4.45. The Bertz CT molecular complexity index is 884. The van der Waals surface area contributed by atoms with Crippen LogP contribution in [0.25, 0.3) is 22.8 Å². The number of nitrogens with zero attached hydrogens (tertiary/aromatic N) is 3. The van der Waals surface area contributed by atoms with Gasteiger partial charge in [-0.15, -0.1) is 0 Å². The lowest BCUT2D eigenvalue weighted by atomic mass is 10.0. The minimum absolute atomic E-state index is 0.743. The van der Waals surface area contributed by atoms with E-state index in [4.69, 9.17) is 9.97 Å². The van der Waals surface area contributed by atoms with Crippen molar-refractivity contribution in [1.82, 2.24) is 15.0 Å². The summed E-state index contributed by atoms with van der Waals surface area (Å²) in [7, 11) is 0. The molecule has 3 aromatic rings. The number of benzene rings is 1. The highest BCUT2D eigenvalue weighted by atomic mass is 14.9. The fraction of sp³-hybridized carbons (Fsp3) is 0.250. The highest BCUT2D eigenvalue weighted by Crippen LogP contribution is 2.33. The first-order valence-corrected chi connectivity index (χ1v) is 8.12. The summed E-state index contributed by atoms with van der Waals surface area (Å²) in [5.74, 6) is 0.743. The zero-order chi connectivity index (χ0) is 15.8. The van der Waals surface area contributed by atoms with Crippen LogP contribution in [0.2, 0.25) is 0 Å². The van der Waals surface area contributed by atoms with Crippen LogP contribution in [-0.2, 0) is 12.8 Å². The van der Waals surface area contributed by atoms with Crippen molar-refractivity contribution in [1.29, 1.82) is 0 Å². The largest absolute Gasteiger partial charge is 0.250 e. The summed E-state index contributed by atoms with van der Waals surface area (Å²) in [6.45, 7) is 4.14. The van der Waals surface area contributed by atoms with Gasteiger partial charge in [0.2, 0.25) is 0 Å². The van der Waals surface area contributed by atoms with Gasteiger partial charge in [-0.3, -0.25) is 0 Å². The number of fused-ring (bicyclic) bond motifs is 1. The normalized spacial score (nSPS) is 13.1. The van der Waals surface area contributed by atoms with E-state index in [1.807, 2.05) is 25.1 Å². The quantitative estimate of drug-likeness (QED) is 0.708. The maximum atomic E-state index is 4.91. The highest BCUT2D eigenvalue weighted by Gasteiger charge is 2.21. The molecule has 0 spiro atoms. The number of aryl methyl sites for hydroxylation is 3. The molecular formula is C20H19N3. The van der Waals surface area contributed by atoms with Crippen LogP contribution in [0.15, 0.2) is 42.5 Å². The van der Waals surface area contributed by atoms with Crippen LogP contribution in [0.3, 0.4) is 0 Å². The zero-order valence-electron chi connectivity index (χ0n) is 13.5. The summed E-state index contributed by atoms with van der Waals surface area (Å²) in [4.78, 5) is 14.3. The van der Waals surface area contributed by atoms with Crippen LogP contribution in [0.5, 0.6) is 0 Å². The first-order chi connectivity index (χ1) is 11.2. The van der Waals surface area contributed by atoms with E-state index in [9.17, 15) is 0 Å². The number of hydrogen-bond acceptors (Lipinski definition) is 3. The van der Waals surface area contributed by atoms with E-state index in [0.717, 1.165) is 42.2 Å². The Labute approximate surface area is 136 Å². The van der Waals surface area contributed by atoms with Gasteiger partial charge in [-0.25, -0.2) is 15.0 Å². The highest BCUT2D eigenvalue weighted by molar-refractivity contribution is 5.70. The fourth-order valence-corrected chi connectivity index (χ4v) is 3.28. The number of pyridine rings is 1. The fourth-order valence-electron chi connectivity index (χ4n) is 3.28. The molecule has 0 amide bonds. The monoisotopic (exact) mass is 301 g/mol. The SMILES string of the molecule is Cc1cccc(-c2nc3c(c(-c4ccccc4C)n2)CCC3)n1. The number of rotatable bonds is 2. The third-order valence-electron chi connectivity index (χ3n) is 4.45. The molecule has 114 valence electrons. The van der Waals surface area contributed by atoms with Crippen molar-refractivity contribution in [3.05, 3.63) is 65.0 Å². The van der Waals surface area contributed by atoms with Gasteiger partial charge in [0.25, 0.3) is 0 Å². The minimum Gasteiger partial charge on any atom is -0.250 e. The summed E-state index contributed by atoms with van der Waals surface area (Å²) in [6.07, 6.45) is 3.27. The molecule has 0 atom stereocenters. The lowest BCUT2D eigenvalue weighted by Crippen LogP contribution is -2.02. The van der Waals surface area contributed by atoms with Gasteiger partial charge in [0, 0.05) is 22.5 Å². The Kier molecular flexibility index (Phi) is 3.41. The Morgan fingerprint density at radius 2 is 1.70 bits per heavy atom. The lowest BCUT2D eigenvalue weighted by molar-refractivity contribution is 0.899. The predicted molar refractivity (Wildman–Crippen MR) is 92.2 cm³/mol. The van der Waals surface area contributed by atoms with Crippen LogP contribution >= 0.6 is 0 Å². The molecule has 0 saturated carbocycles. The average Bonchev–Trinajstić information content (AvgIpc) is 3.03. The van der Waals surface area contributed by atoms with E-state index in [2.05, 4.69) is 36.2 Å². The van der Waals surface area contributed by atoms with Crippen LogP contribution in [0.1, 0.15) is 28.9 Å². The van der Waals surface area contributed by atoms with Gasteiger partial charge < -0.3 is 0 Å². The topological polar surface area (TPSA) is 38.7 Å². The third kappa shape index (κ3) is 2.52. The Balaban J connectivity index is 1.94. The second kappa shape index (κ2) is 5.58. The maximum Gasteiger partial charge on any atom is 0.178 e. The molecule has 3 heteroatoms. The molecule has 4 rings (SSSR count). The number of hydrogen-bond donors (Lipinski definition) is 0. The molecule has 1 aromatic carbocycles. The van der Waals surface area contributed by atoms with Gasteiger partial charge in [-0.2, -0.15) is 0 Å². The summed E-state index contributed by atoms with van der Waals surface area (Å²) >= 11 is 0. The molecule has 1 aliphatic rings. The Morgan fingerprint density at radius 3 is 2.52 bits per heavy atom. The van der Waals surface area contributed by atoms with Crippen LogP contribution in [0.4, 0.5) is 0 Å². The summed E-state index contributed by atoms with van der Waals surface area (Å²) in [6, 6.07) is 14.5. The molecule has 0 saturated heterocycles.